The van der Waals surface area contributed by atoms with E-state index in [1.807, 2.05) is 0 Å². The summed E-state index contributed by atoms with van der Waals surface area (Å²) in [5.41, 5.74) is 1.18. The normalized spacial score (nSPS) is 10.5. The fourth-order valence-electron chi connectivity index (χ4n) is 5.60. The first-order valence-electron chi connectivity index (χ1n) is 18.9. The average Bonchev–Trinajstić information content (AvgIpc) is 3.18. The van der Waals surface area contributed by atoms with Crippen LogP contribution in [0.25, 0.3) is 0 Å². The molecule has 0 radical (unpaired) electrons. The Morgan fingerprint density at radius 3 is 1.36 bits per heavy atom. The number of hydrogen-bond donors (Lipinski definition) is 5. The second-order valence-electron chi connectivity index (χ2n) is 13.1. The molecule has 0 unspecified atom stereocenters. The molecule has 0 spiro atoms. The number of aromatic nitrogens is 2. The van der Waals surface area contributed by atoms with Gasteiger partial charge in [0.2, 0.25) is 11.8 Å². The topological polar surface area (TPSA) is 171 Å². The molecule has 5 N–H and O–H groups in total. The lowest BCUT2D eigenvalue weighted by molar-refractivity contribution is -0.117. The second-order valence-corrected chi connectivity index (χ2v) is 13.1. The maximum absolute atomic E-state index is 13.6. The van der Waals surface area contributed by atoms with Gasteiger partial charge >= 0.3 is 0 Å². The van der Waals surface area contributed by atoms with Crippen molar-refractivity contribution in [3.8, 4) is 12.3 Å². The van der Waals surface area contributed by atoms with Crippen molar-refractivity contribution < 1.29 is 24.0 Å². The number of carbonyl (C=O) groups is 5. The fraction of sp³-hybridized carbons (Fsp3) is 0.326. The van der Waals surface area contributed by atoms with E-state index in [4.69, 9.17) is 6.42 Å². The molecular weight excluding hydrogens is 695 g/mol. The first-order valence-corrected chi connectivity index (χ1v) is 18.9. The molecule has 286 valence electrons. The van der Waals surface area contributed by atoms with Crippen LogP contribution in [0.2, 0.25) is 0 Å². The Balaban J connectivity index is 1.50. The summed E-state index contributed by atoms with van der Waals surface area (Å²) in [7, 11) is 0. The molecule has 2 aromatic heterocycles. The first kappa shape index (κ1) is 41.4. The Kier molecular flexibility index (Phi) is 16.6. The predicted molar refractivity (Wildman–Crippen MR) is 217 cm³/mol. The zero-order chi connectivity index (χ0) is 39.4. The van der Waals surface area contributed by atoms with Crippen molar-refractivity contribution in [2.24, 2.45) is 0 Å². The Hall–Kier alpha value is -6.35. The van der Waals surface area contributed by atoms with Crippen LogP contribution in [0.15, 0.2) is 78.9 Å². The van der Waals surface area contributed by atoms with E-state index in [0.717, 1.165) is 64.2 Å². The number of terminal acetylenes is 1. The third kappa shape index (κ3) is 14.2. The van der Waals surface area contributed by atoms with Gasteiger partial charge in [0.05, 0.1) is 0 Å². The van der Waals surface area contributed by atoms with Gasteiger partial charge in [0, 0.05) is 40.8 Å². The molecule has 2 aromatic carbocycles. The fourth-order valence-corrected chi connectivity index (χ4v) is 5.60. The van der Waals surface area contributed by atoms with Crippen LogP contribution >= 0.6 is 0 Å². The summed E-state index contributed by atoms with van der Waals surface area (Å²) in [6.07, 6.45) is 16.4. The van der Waals surface area contributed by atoms with Gasteiger partial charge in [-0.2, -0.15) is 0 Å². The lowest BCUT2D eigenvalue weighted by Crippen LogP contribution is -2.19. The van der Waals surface area contributed by atoms with Gasteiger partial charge in [-0.15, -0.1) is 6.42 Å². The van der Waals surface area contributed by atoms with Gasteiger partial charge in [-0.05, 0) is 79.6 Å². The van der Waals surface area contributed by atoms with Gasteiger partial charge in [0.15, 0.2) is 0 Å². The summed E-state index contributed by atoms with van der Waals surface area (Å²) in [6, 6.07) is 20.3. The van der Waals surface area contributed by atoms with E-state index < -0.39 is 17.7 Å². The number of pyridine rings is 2. The molecule has 4 aromatic rings. The zero-order valence-corrected chi connectivity index (χ0v) is 31.5. The van der Waals surface area contributed by atoms with Crippen molar-refractivity contribution in [2.45, 2.75) is 90.9 Å². The summed E-state index contributed by atoms with van der Waals surface area (Å²) in [4.78, 5) is 74.1. The lowest BCUT2D eigenvalue weighted by Gasteiger charge is -2.13. The van der Waals surface area contributed by atoms with Crippen molar-refractivity contribution in [3.05, 3.63) is 101 Å². The molecule has 0 aliphatic heterocycles. The monoisotopic (exact) mass is 743 g/mol. The number of nitrogens with zero attached hydrogens (tertiary/aromatic N) is 2. The average molecular weight is 744 g/mol. The lowest BCUT2D eigenvalue weighted by atomic mass is 10.1. The minimum absolute atomic E-state index is 0.0434. The number of anilines is 5. The van der Waals surface area contributed by atoms with E-state index in [1.165, 1.54) is 18.2 Å². The van der Waals surface area contributed by atoms with Crippen LogP contribution < -0.4 is 26.6 Å². The smallest absolute Gasteiger partial charge is 0.256 e. The van der Waals surface area contributed by atoms with Gasteiger partial charge in [0.25, 0.3) is 17.7 Å². The summed E-state index contributed by atoms with van der Waals surface area (Å²) < 4.78 is 0. The molecule has 0 aliphatic carbocycles. The SMILES string of the molecule is C#Cc1ccc(C(=O)Nc2cc(C(=O)Nc3cccc(NC(=O)CCCCCCC)n3)cc(C(=O)Nc3cccc(NC(=O)CCCCCCC)n3)c2)cc1. The predicted octanol–water partition coefficient (Wildman–Crippen LogP) is 8.81. The van der Waals surface area contributed by atoms with E-state index in [-0.39, 0.29) is 51.9 Å². The van der Waals surface area contributed by atoms with Crippen LogP contribution in [0.4, 0.5) is 29.0 Å². The van der Waals surface area contributed by atoms with Crippen molar-refractivity contribution >= 4 is 58.5 Å². The van der Waals surface area contributed by atoms with Gasteiger partial charge < -0.3 is 26.6 Å². The molecule has 0 aliphatic rings. The van der Waals surface area contributed by atoms with Crippen molar-refractivity contribution in [2.75, 3.05) is 26.6 Å². The highest BCUT2D eigenvalue weighted by Gasteiger charge is 2.17. The van der Waals surface area contributed by atoms with Crippen LogP contribution in [0.1, 0.15) is 128 Å². The molecule has 2 heterocycles. The van der Waals surface area contributed by atoms with Crippen LogP contribution in [-0.2, 0) is 9.59 Å². The van der Waals surface area contributed by atoms with Crippen molar-refractivity contribution in [1.82, 2.24) is 9.97 Å². The first-order chi connectivity index (χ1) is 26.7. The van der Waals surface area contributed by atoms with Crippen LogP contribution in [-0.4, -0.2) is 39.5 Å². The molecule has 5 amide bonds. The molecule has 12 nitrogen and oxygen atoms in total. The minimum atomic E-state index is -0.618. The summed E-state index contributed by atoms with van der Waals surface area (Å²) in [5.74, 6) is 1.36. The number of benzene rings is 2. The van der Waals surface area contributed by atoms with Crippen LogP contribution in [0.3, 0.4) is 0 Å². The van der Waals surface area contributed by atoms with Crippen molar-refractivity contribution in [3.63, 3.8) is 0 Å². The third-order valence-electron chi connectivity index (χ3n) is 8.56. The number of nitrogens with one attached hydrogen (secondary N) is 5. The molecule has 12 heteroatoms. The van der Waals surface area contributed by atoms with Crippen LogP contribution in [0, 0.1) is 12.3 Å². The minimum Gasteiger partial charge on any atom is -0.322 e. The Labute approximate surface area is 322 Å². The number of hydrogen-bond acceptors (Lipinski definition) is 7. The van der Waals surface area contributed by atoms with E-state index in [2.05, 4.69) is 56.3 Å². The molecule has 55 heavy (non-hydrogen) atoms. The maximum Gasteiger partial charge on any atom is 0.256 e. The zero-order valence-electron chi connectivity index (χ0n) is 31.5. The highest BCUT2D eigenvalue weighted by molar-refractivity contribution is 6.11. The van der Waals surface area contributed by atoms with E-state index in [1.54, 1.807) is 60.7 Å². The number of carbonyl (C=O) groups excluding carboxylic acids is 5. The van der Waals surface area contributed by atoms with Crippen molar-refractivity contribution in [1.29, 1.82) is 0 Å². The maximum atomic E-state index is 13.6. The number of rotatable bonds is 20. The number of amides is 5. The third-order valence-corrected chi connectivity index (χ3v) is 8.56. The van der Waals surface area contributed by atoms with E-state index in [0.29, 0.717) is 24.0 Å². The van der Waals surface area contributed by atoms with E-state index >= 15 is 0 Å². The summed E-state index contributed by atoms with van der Waals surface area (Å²) in [5, 5.41) is 13.7. The highest BCUT2D eigenvalue weighted by atomic mass is 16.2. The standard InChI is InChI=1S/C43H49N7O5/c1-4-7-9-11-13-21-39(51)47-35-17-15-19-37(45-35)49-42(54)32-27-33(29-34(28-32)44-41(53)31-25-23-30(6-3)24-26-31)43(55)50-38-20-16-18-36(46-38)48-40(52)22-14-12-10-8-5-2/h3,15-20,23-29H,4-5,7-14,21-22H2,1-2H3,(H,44,53)(H2,45,47,49,51,54)(H2,46,48,50,52,55). The molecule has 0 fully saturated rings. The summed E-state index contributed by atoms with van der Waals surface area (Å²) >= 11 is 0. The van der Waals surface area contributed by atoms with Crippen LogP contribution in [0.5, 0.6) is 0 Å². The van der Waals surface area contributed by atoms with Gasteiger partial charge in [-0.1, -0.05) is 83.3 Å². The summed E-state index contributed by atoms with van der Waals surface area (Å²) in [6.45, 7) is 4.27. The quantitative estimate of drug-likeness (QED) is 0.0445. The van der Waals surface area contributed by atoms with Gasteiger partial charge in [-0.3, -0.25) is 24.0 Å². The highest BCUT2D eigenvalue weighted by Crippen LogP contribution is 2.21. The Morgan fingerprint density at radius 2 is 0.927 bits per heavy atom. The van der Waals surface area contributed by atoms with E-state index in [9.17, 15) is 24.0 Å². The molecule has 0 atom stereocenters. The Bertz CT molecular complexity index is 1880. The van der Waals surface area contributed by atoms with Gasteiger partial charge in [0.1, 0.15) is 23.3 Å². The van der Waals surface area contributed by atoms with Gasteiger partial charge in [-0.25, -0.2) is 9.97 Å². The molecule has 4 rings (SSSR count). The molecule has 0 saturated heterocycles. The molecule has 0 saturated carbocycles. The second kappa shape index (κ2) is 22.0. The largest absolute Gasteiger partial charge is 0.322 e. The Morgan fingerprint density at radius 1 is 0.509 bits per heavy atom. The molecular formula is C43H49N7O5. The number of unbranched alkanes of at least 4 members (excludes halogenated alkanes) is 8. The molecule has 0 bridgehead atoms.